The number of ether oxygens (including phenoxy) is 1. The first kappa shape index (κ1) is 17.1. The maximum absolute atomic E-state index is 13.1. The zero-order chi connectivity index (χ0) is 18.3. The molecule has 0 bridgehead atoms. The molecule has 0 atom stereocenters. The average Bonchev–Trinajstić information content (AvgIpc) is 2.98. The summed E-state index contributed by atoms with van der Waals surface area (Å²) < 4.78 is 11.8. The van der Waals surface area contributed by atoms with E-state index in [0.29, 0.717) is 24.5 Å². The van der Waals surface area contributed by atoms with Crippen molar-refractivity contribution in [3.05, 3.63) is 46.8 Å². The quantitative estimate of drug-likeness (QED) is 0.787. The third-order valence-electron chi connectivity index (χ3n) is 5.41. The van der Waals surface area contributed by atoms with Gasteiger partial charge in [0.1, 0.15) is 11.4 Å². The predicted molar refractivity (Wildman–Crippen MR) is 97.2 cm³/mol. The molecule has 2 aliphatic rings. The molecular formula is C20H25N3O3. The van der Waals surface area contributed by atoms with Crippen molar-refractivity contribution in [1.82, 2.24) is 15.0 Å². The summed E-state index contributed by atoms with van der Waals surface area (Å²) in [5.74, 6) is 1.06. The van der Waals surface area contributed by atoms with Crippen LogP contribution in [0.5, 0.6) is 5.75 Å². The molecule has 26 heavy (non-hydrogen) atoms. The van der Waals surface area contributed by atoms with E-state index in [1.165, 1.54) is 0 Å². The van der Waals surface area contributed by atoms with Gasteiger partial charge in [-0.3, -0.25) is 4.79 Å². The second-order valence-electron chi connectivity index (χ2n) is 7.69. The van der Waals surface area contributed by atoms with E-state index in [0.717, 1.165) is 42.8 Å². The molecule has 4 rings (SSSR count). The maximum atomic E-state index is 13.1. The lowest BCUT2D eigenvalue weighted by atomic mass is 9.90. The maximum Gasteiger partial charge on any atom is 0.292 e. The normalized spacial score (nSPS) is 19.7. The molecule has 0 saturated carbocycles. The summed E-state index contributed by atoms with van der Waals surface area (Å²) in [6.45, 7) is 6.89. The van der Waals surface area contributed by atoms with E-state index >= 15 is 0 Å². The van der Waals surface area contributed by atoms with Gasteiger partial charge >= 0.3 is 0 Å². The second kappa shape index (κ2) is 6.43. The highest BCUT2D eigenvalue weighted by atomic mass is 16.5. The minimum absolute atomic E-state index is 0.123. The van der Waals surface area contributed by atoms with E-state index < -0.39 is 0 Å². The number of aromatic nitrogens is 1. The van der Waals surface area contributed by atoms with Crippen molar-refractivity contribution in [2.24, 2.45) is 0 Å². The summed E-state index contributed by atoms with van der Waals surface area (Å²) in [7, 11) is 2.13. The lowest BCUT2D eigenvalue weighted by Crippen LogP contribution is -2.53. The van der Waals surface area contributed by atoms with Crippen molar-refractivity contribution < 1.29 is 14.1 Å². The number of hydrogen-bond acceptors (Lipinski definition) is 5. The topological polar surface area (TPSA) is 58.8 Å². The van der Waals surface area contributed by atoms with Crippen molar-refractivity contribution in [1.29, 1.82) is 0 Å². The Morgan fingerprint density at radius 1 is 1.19 bits per heavy atom. The zero-order valence-electron chi connectivity index (χ0n) is 15.6. The Kier molecular flexibility index (Phi) is 4.23. The number of hydrogen-bond donors (Lipinski definition) is 0. The Bertz CT molecular complexity index is 821. The number of likely N-dealkylation sites (tertiary alicyclic amines) is 1. The number of carbonyl (C=O) groups is 1. The largest absolute Gasteiger partial charge is 0.485 e. The number of piperidine rings is 1. The summed E-state index contributed by atoms with van der Waals surface area (Å²) in [6, 6.07) is 7.91. The van der Waals surface area contributed by atoms with Gasteiger partial charge in [0.05, 0.1) is 12.2 Å². The van der Waals surface area contributed by atoms with E-state index in [9.17, 15) is 4.79 Å². The summed E-state index contributed by atoms with van der Waals surface area (Å²) in [4.78, 5) is 17.2. The SMILES string of the molecule is Cc1ccc2c(c1)CN(C(=O)c1cc(C)no1)CC1(CCN(C)CC1)O2. The van der Waals surface area contributed by atoms with Crippen LogP contribution in [0.25, 0.3) is 0 Å². The van der Waals surface area contributed by atoms with Gasteiger partial charge in [-0.25, -0.2) is 0 Å². The van der Waals surface area contributed by atoms with E-state index in [-0.39, 0.29) is 11.5 Å². The molecule has 138 valence electrons. The molecule has 1 amide bonds. The van der Waals surface area contributed by atoms with Gasteiger partial charge < -0.3 is 19.1 Å². The molecule has 0 N–H and O–H groups in total. The Hall–Kier alpha value is -2.34. The van der Waals surface area contributed by atoms with E-state index in [4.69, 9.17) is 9.26 Å². The second-order valence-corrected chi connectivity index (χ2v) is 7.69. The summed E-state index contributed by atoms with van der Waals surface area (Å²) in [6.07, 6.45) is 1.80. The number of amides is 1. The van der Waals surface area contributed by atoms with Crippen LogP contribution < -0.4 is 4.74 Å². The Balaban J connectivity index is 1.70. The standard InChI is InChI=1S/C20H25N3O3/c1-14-4-5-17-16(10-14)12-23(19(24)18-11-15(2)21-26-18)13-20(25-17)6-8-22(3)9-7-20/h4-5,10-11H,6-9,12-13H2,1-3H3. The fourth-order valence-electron chi connectivity index (χ4n) is 3.86. The molecule has 1 aromatic heterocycles. The van der Waals surface area contributed by atoms with Crippen LogP contribution in [0.2, 0.25) is 0 Å². The Morgan fingerprint density at radius 3 is 2.65 bits per heavy atom. The number of fused-ring (bicyclic) bond motifs is 1. The van der Waals surface area contributed by atoms with Crippen molar-refractivity contribution in [3.8, 4) is 5.75 Å². The highest BCUT2D eigenvalue weighted by Crippen LogP contribution is 2.36. The fourth-order valence-corrected chi connectivity index (χ4v) is 3.86. The summed E-state index contributed by atoms with van der Waals surface area (Å²) >= 11 is 0. The molecule has 1 spiro atoms. The highest BCUT2D eigenvalue weighted by molar-refractivity contribution is 5.91. The van der Waals surface area contributed by atoms with Crippen molar-refractivity contribution >= 4 is 5.91 Å². The first-order valence-corrected chi connectivity index (χ1v) is 9.14. The summed E-state index contributed by atoms with van der Waals surface area (Å²) in [5, 5.41) is 3.87. The van der Waals surface area contributed by atoms with Gasteiger partial charge in [0.25, 0.3) is 5.91 Å². The van der Waals surface area contributed by atoms with E-state index in [1.54, 1.807) is 6.07 Å². The molecule has 1 aromatic carbocycles. The van der Waals surface area contributed by atoms with Gasteiger partial charge in [0.15, 0.2) is 0 Å². The molecule has 1 saturated heterocycles. The van der Waals surface area contributed by atoms with Crippen LogP contribution >= 0.6 is 0 Å². The van der Waals surface area contributed by atoms with Crippen LogP contribution in [0.1, 0.15) is 40.2 Å². The third-order valence-corrected chi connectivity index (χ3v) is 5.41. The van der Waals surface area contributed by atoms with Crippen LogP contribution in [0.15, 0.2) is 28.8 Å². The minimum atomic E-state index is -0.349. The van der Waals surface area contributed by atoms with Crippen molar-refractivity contribution in [2.75, 3.05) is 26.7 Å². The average molecular weight is 355 g/mol. The van der Waals surface area contributed by atoms with Crippen molar-refractivity contribution in [3.63, 3.8) is 0 Å². The van der Waals surface area contributed by atoms with Crippen LogP contribution in [0, 0.1) is 13.8 Å². The molecule has 0 aliphatic carbocycles. The number of benzene rings is 1. The lowest BCUT2D eigenvalue weighted by Gasteiger charge is -2.41. The minimum Gasteiger partial charge on any atom is -0.485 e. The van der Waals surface area contributed by atoms with Gasteiger partial charge in [-0.15, -0.1) is 0 Å². The highest BCUT2D eigenvalue weighted by Gasteiger charge is 2.42. The molecule has 1 fully saturated rings. The molecule has 2 aromatic rings. The molecule has 6 heteroatoms. The Morgan fingerprint density at radius 2 is 1.96 bits per heavy atom. The smallest absolute Gasteiger partial charge is 0.292 e. The van der Waals surface area contributed by atoms with Gasteiger partial charge in [-0.05, 0) is 27.0 Å². The third kappa shape index (κ3) is 3.21. The lowest BCUT2D eigenvalue weighted by molar-refractivity contribution is -0.0110. The Labute approximate surface area is 153 Å². The number of carbonyl (C=O) groups excluding carboxylic acids is 1. The van der Waals surface area contributed by atoms with Crippen LogP contribution in [0.3, 0.4) is 0 Å². The van der Waals surface area contributed by atoms with Crippen LogP contribution in [-0.4, -0.2) is 53.1 Å². The number of aryl methyl sites for hydroxylation is 2. The zero-order valence-corrected chi connectivity index (χ0v) is 15.6. The van der Waals surface area contributed by atoms with E-state index in [1.807, 2.05) is 17.9 Å². The van der Waals surface area contributed by atoms with Crippen LogP contribution in [-0.2, 0) is 6.54 Å². The fraction of sp³-hybridized carbons (Fsp3) is 0.500. The molecule has 2 aliphatic heterocycles. The molecule has 6 nitrogen and oxygen atoms in total. The molecular weight excluding hydrogens is 330 g/mol. The van der Waals surface area contributed by atoms with Gasteiger partial charge in [-0.1, -0.05) is 22.9 Å². The van der Waals surface area contributed by atoms with Crippen LogP contribution in [0.4, 0.5) is 0 Å². The first-order valence-electron chi connectivity index (χ1n) is 9.14. The van der Waals surface area contributed by atoms with Gasteiger partial charge in [0.2, 0.25) is 5.76 Å². The number of rotatable bonds is 1. The first-order chi connectivity index (χ1) is 12.4. The monoisotopic (exact) mass is 355 g/mol. The van der Waals surface area contributed by atoms with E-state index in [2.05, 4.69) is 36.2 Å². The van der Waals surface area contributed by atoms with Gasteiger partial charge in [0, 0.05) is 44.1 Å². The molecule has 0 unspecified atom stereocenters. The molecule has 0 radical (unpaired) electrons. The van der Waals surface area contributed by atoms with Gasteiger partial charge in [-0.2, -0.15) is 0 Å². The number of nitrogens with zero attached hydrogens (tertiary/aromatic N) is 3. The van der Waals surface area contributed by atoms with Crippen molar-refractivity contribution in [2.45, 2.75) is 38.8 Å². The summed E-state index contributed by atoms with van der Waals surface area (Å²) in [5.41, 5.74) is 2.57. The molecule has 3 heterocycles. The predicted octanol–water partition coefficient (Wildman–Crippen LogP) is 2.79.